The molecule has 92 valence electrons. The molecule has 0 saturated carbocycles. The summed E-state index contributed by atoms with van der Waals surface area (Å²) < 4.78 is 4.80. The van der Waals surface area contributed by atoms with E-state index in [9.17, 15) is 0 Å². The highest BCUT2D eigenvalue weighted by molar-refractivity contribution is 7.18. The van der Waals surface area contributed by atoms with Crippen LogP contribution in [0.1, 0.15) is 16.1 Å². The molecule has 0 bridgehead atoms. The van der Waals surface area contributed by atoms with Crippen molar-refractivity contribution >= 4 is 27.4 Å². The van der Waals surface area contributed by atoms with E-state index in [0.29, 0.717) is 6.54 Å². The van der Waals surface area contributed by atoms with Gasteiger partial charge in [0.05, 0.1) is 11.9 Å². The molecule has 0 radical (unpaired) electrons. The summed E-state index contributed by atoms with van der Waals surface area (Å²) in [5.74, 6) is 0.852. The quantitative estimate of drug-likeness (QED) is 0.784. The van der Waals surface area contributed by atoms with Crippen LogP contribution >= 0.6 is 11.3 Å². The van der Waals surface area contributed by atoms with E-state index in [4.69, 9.17) is 4.52 Å². The van der Waals surface area contributed by atoms with E-state index >= 15 is 0 Å². The number of nitrogens with zero attached hydrogens (tertiary/aromatic N) is 3. The van der Waals surface area contributed by atoms with E-state index in [1.807, 2.05) is 6.07 Å². The van der Waals surface area contributed by atoms with Crippen molar-refractivity contribution < 1.29 is 4.52 Å². The lowest BCUT2D eigenvalue weighted by Crippen LogP contribution is -2.02. The second-order valence-corrected chi connectivity index (χ2v) is 5.23. The Morgan fingerprint density at radius 1 is 1.33 bits per heavy atom. The number of anilines is 1. The van der Waals surface area contributed by atoms with Crippen molar-refractivity contribution in [2.75, 3.05) is 5.32 Å². The number of hydrogen-bond donors (Lipinski definition) is 1. The van der Waals surface area contributed by atoms with Crippen LogP contribution in [0.2, 0.25) is 0 Å². The first-order chi connectivity index (χ1) is 8.75. The van der Waals surface area contributed by atoms with E-state index in [-0.39, 0.29) is 0 Å². The number of aromatic nitrogens is 3. The lowest BCUT2D eigenvalue weighted by Gasteiger charge is -2.04. The number of thiophene rings is 1. The molecular formula is C12H12N4OS. The molecule has 3 aromatic rings. The van der Waals surface area contributed by atoms with Crippen LogP contribution in [0.3, 0.4) is 0 Å². The van der Waals surface area contributed by atoms with Gasteiger partial charge in [-0.05, 0) is 19.4 Å². The van der Waals surface area contributed by atoms with E-state index < -0.39 is 0 Å². The van der Waals surface area contributed by atoms with Crippen LogP contribution in [0.4, 0.5) is 5.82 Å². The maximum Gasteiger partial charge on any atom is 0.138 e. The highest BCUT2D eigenvalue weighted by Crippen LogP contribution is 2.32. The Hall–Kier alpha value is -1.95. The zero-order chi connectivity index (χ0) is 12.5. The Balaban J connectivity index is 1.96. The predicted octanol–water partition coefficient (Wildman–Crippen LogP) is 2.91. The third-order valence-electron chi connectivity index (χ3n) is 2.89. The van der Waals surface area contributed by atoms with Crippen molar-refractivity contribution in [1.29, 1.82) is 0 Å². The Kier molecular flexibility index (Phi) is 2.71. The molecular weight excluding hydrogens is 248 g/mol. The van der Waals surface area contributed by atoms with Crippen molar-refractivity contribution in [3.05, 3.63) is 34.8 Å². The van der Waals surface area contributed by atoms with Crippen molar-refractivity contribution in [2.24, 2.45) is 0 Å². The molecule has 3 heterocycles. The molecule has 0 atom stereocenters. The van der Waals surface area contributed by atoms with Gasteiger partial charge in [-0.2, -0.15) is 0 Å². The number of fused-ring (bicyclic) bond motifs is 1. The normalized spacial score (nSPS) is 11.0. The summed E-state index contributed by atoms with van der Waals surface area (Å²) in [6.45, 7) is 4.79. The van der Waals surface area contributed by atoms with Gasteiger partial charge in [0, 0.05) is 10.9 Å². The van der Waals surface area contributed by atoms with Crippen LogP contribution in [0.15, 0.2) is 23.2 Å². The van der Waals surface area contributed by atoms with Gasteiger partial charge in [0.25, 0.3) is 0 Å². The van der Waals surface area contributed by atoms with Crippen molar-refractivity contribution in [2.45, 2.75) is 20.4 Å². The molecule has 3 aromatic heterocycles. The molecule has 3 rings (SSSR count). The zero-order valence-corrected chi connectivity index (χ0v) is 10.9. The molecule has 5 nitrogen and oxygen atoms in total. The van der Waals surface area contributed by atoms with Crippen molar-refractivity contribution in [1.82, 2.24) is 15.1 Å². The van der Waals surface area contributed by atoms with Crippen LogP contribution in [0.5, 0.6) is 0 Å². The summed E-state index contributed by atoms with van der Waals surface area (Å²) in [5.41, 5.74) is 2.09. The fourth-order valence-corrected chi connectivity index (χ4v) is 2.82. The molecule has 1 N–H and O–H groups in total. The molecule has 0 aliphatic carbocycles. The van der Waals surface area contributed by atoms with Gasteiger partial charge >= 0.3 is 0 Å². The van der Waals surface area contributed by atoms with Gasteiger partial charge in [-0.25, -0.2) is 9.97 Å². The molecule has 0 unspecified atom stereocenters. The Morgan fingerprint density at radius 3 is 3.00 bits per heavy atom. The smallest absolute Gasteiger partial charge is 0.138 e. The molecule has 0 aliphatic heterocycles. The van der Waals surface area contributed by atoms with Crippen molar-refractivity contribution in [3.8, 4) is 0 Å². The predicted molar refractivity (Wildman–Crippen MR) is 70.7 cm³/mol. The van der Waals surface area contributed by atoms with Gasteiger partial charge < -0.3 is 9.84 Å². The minimum absolute atomic E-state index is 0.594. The van der Waals surface area contributed by atoms with Crippen molar-refractivity contribution in [3.63, 3.8) is 0 Å². The average molecular weight is 260 g/mol. The highest BCUT2D eigenvalue weighted by atomic mass is 32.1. The summed E-state index contributed by atoms with van der Waals surface area (Å²) in [6, 6.07) is 1.83. The highest BCUT2D eigenvalue weighted by Gasteiger charge is 2.11. The van der Waals surface area contributed by atoms with Gasteiger partial charge in [-0.3, -0.25) is 0 Å². The fraction of sp³-hybridized carbons (Fsp3) is 0.250. The topological polar surface area (TPSA) is 63.8 Å². The summed E-state index contributed by atoms with van der Waals surface area (Å²) in [5, 5.41) is 8.24. The van der Waals surface area contributed by atoms with Gasteiger partial charge in [-0.1, -0.05) is 5.16 Å². The molecule has 18 heavy (non-hydrogen) atoms. The summed E-state index contributed by atoms with van der Waals surface area (Å²) in [7, 11) is 0. The first-order valence-corrected chi connectivity index (χ1v) is 6.41. The molecule has 6 heteroatoms. The third-order valence-corrected chi connectivity index (χ3v) is 4.01. The standard InChI is InChI=1S/C12H12N4OS/c1-7-8(2)18-12-10(7)11(14-6-15-12)13-5-9-3-4-17-16-9/h3-4,6H,5H2,1-2H3,(H,13,14,15). The first-order valence-electron chi connectivity index (χ1n) is 5.59. The fourth-order valence-electron chi connectivity index (χ4n) is 1.82. The second kappa shape index (κ2) is 4.38. The number of hydrogen-bond acceptors (Lipinski definition) is 6. The Labute approximate surface area is 108 Å². The zero-order valence-electron chi connectivity index (χ0n) is 10.1. The van der Waals surface area contributed by atoms with Crippen LogP contribution in [-0.4, -0.2) is 15.1 Å². The third kappa shape index (κ3) is 1.84. The van der Waals surface area contributed by atoms with E-state index in [1.54, 1.807) is 23.9 Å². The van der Waals surface area contributed by atoms with E-state index in [1.165, 1.54) is 10.4 Å². The number of rotatable bonds is 3. The maximum atomic E-state index is 4.80. The van der Waals surface area contributed by atoms with Crippen LogP contribution in [-0.2, 0) is 6.54 Å². The maximum absolute atomic E-state index is 4.80. The summed E-state index contributed by atoms with van der Waals surface area (Å²) in [4.78, 5) is 10.9. The minimum Gasteiger partial charge on any atom is -0.364 e. The largest absolute Gasteiger partial charge is 0.364 e. The van der Waals surface area contributed by atoms with Gasteiger partial charge in [0.2, 0.25) is 0 Å². The average Bonchev–Trinajstić information content (AvgIpc) is 2.97. The number of aryl methyl sites for hydroxylation is 2. The van der Waals surface area contributed by atoms with Crippen LogP contribution in [0.25, 0.3) is 10.2 Å². The monoisotopic (exact) mass is 260 g/mol. The molecule has 0 aliphatic rings. The van der Waals surface area contributed by atoms with E-state index in [0.717, 1.165) is 21.7 Å². The molecule has 0 aromatic carbocycles. The van der Waals surface area contributed by atoms with Gasteiger partial charge in [-0.15, -0.1) is 11.3 Å². The molecule has 0 spiro atoms. The summed E-state index contributed by atoms with van der Waals surface area (Å²) in [6.07, 6.45) is 3.15. The Morgan fingerprint density at radius 2 is 2.22 bits per heavy atom. The van der Waals surface area contributed by atoms with Gasteiger partial charge in [0.1, 0.15) is 28.9 Å². The molecule has 0 amide bonds. The van der Waals surface area contributed by atoms with Gasteiger partial charge in [0.15, 0.2) is 0 Å². The minimum atomic E-state index is 0.594. The van der Waals surface area contributed by atoms with E-state index in [2.05, 4.69) is 34.3 Å². The Bertz CT molecular complexity index is 675. The first kappa shape index (κ1) is 11.2. The number of nitrogens with one attached hydrogen (secondary N) is 1. The lowest BCUT2D eigenvalue weighted by molar-refractivity contribution is 0.412. The molecule has 0 fully saturated rings. The summed E-state index contributed by atoms with van der Waals surface area (Å²) >= 11 is 1.69. The van der Waals surface area contributed by atoms with Crippen LogP contribution < -0.4 is 5.32 Å². The molecule has 0 saturated heterocycles. The lowest BCUT2D eigenvalue weighted by atomic mass is 10.2. The van der Waals surface area contributed by atoms with Crippen LogP contribution in [0, 0.1) is 13.8 Å². The second-order valence-electron chi connectivity index (χ2n) is 4.03. The SMILES string of the molecule is Cc1sc2ncnc(NCc3ccon3)c2c1C.